The highest BCUT2D eigenvalue weighted by Crippen LogP contribution is 2.22. The first-order valence-electron chi connectivity index (χ1n) is 8.54. The molecule has 2 aromatic carbocycles. The van der Waals surface area contributed by atoms with Crippen LogP contribution in [0.25, 0.3) is 0 Å². The molecule has 1 N–H and O–H groups in total. The summed E-state index contributed by atoms with van der Waals surface area (Å²) in [5, 5.41) is 8.78. The van der Waals surface area contributed by atoms with Gasteiger partial charge in [0.15, 0.2) is 5.16 Å². The van der Waals surface area contributed by atoms with Gasteiger partial charge in [-0.3, -0.25) is 0 Å². The number of nitrogens with one attached hydrogen (secondary N) is 1. The molecule has 152 valence electrons. The summed E-state index contributed by atoms with van der Waals surface area (Å²) in [6.07, 6.45) is 1.66. The van der Waals surface area contributed by atoms with E-state index in [-0.39, 0.29) is 17.3 Å². The minimum atomic E-state index is -3.82. The van der Waals surface area contributed by atoms with Gasteiger partial charge in [0.25, 0.3) is 0 Å². The molecule has 0 aliphatic rings. The topological polar surface area (TPSA) is 76.9 Å². The smallest absolute Gasteiger partial charge is 0.240 e. The molecule has 1 heterocycles. The Hall–Kier alpha value is -2.56. The molecule has 0 bridgehead atoms. The minimum absolute atomic E-state index is 0.0420. The van der Waals surface area contributed by atoms with Crippen LogP contribution in [-0.4, -0.2) is 23.2 Å². The van der Waals surface area contributed by atoms with Gasteiger partial charge in [0, 0.05) is 12.3 Å². The van der Waals surface area contributed by atoms with Crippen molar-refractivity contribution in [3.05, 3.63) is 84.2 Å². The Labute approximate surface area is 171 Å². The first-order chi connectivity index (χ1) is 13.9. The van der Waals surface area contributed by atoms with Gasteiger partial charge in [0.05, 0.1) is 11.4 Å². The van der Waals surface area contributed by atoms with Gasteiger partial charge >= 0.3 is 0 Å². The van der Waals surface area contributed by atoms with Crippen molar-refractivity contribution in [3.63, 3.8) is 0 Å². The van der Waals surface area contributed by atoms with Gasteiger partial charge in [-0.1, -0.05) is 30.0 Å². The lowest BCUT2D eigenvalue weighted by molar-refractivity contribution is 0.574. The Kier molecular flexibility index (Phi) is 6.78. The van der Waals surface area contributed by atoms with Crippen LogP contribution in [0.3, 0.4) is 0 Å². The van der Waals surface area contributed by atoms with Crippen molar-refractivity contribution in [2.45, 2.75) is 28.9 Å². The van der Waals surface area contributed by atoms with E-state index in [9.17, 15) is 17.2 Å². The Bertz CT molecular complexity index is 1080. The average molecular weight is 437 g/mol. The number of rotatable bonds is 9. The fourth-order valence-electron chi connectivity index (χ4n) is 2.45. The van der Waals surface area contributed by atoms with Gasteiger partial charge in [-0.15, -0.1) is 16.8 Å². The molecule has 3 rings (SSSR count). The molecule has 10 heteroatoms. The first-order valence-corrected chi connectivity index (χ1v) is 11.0. The van der Waals surface area contributed by atoms with Crippen molar-refractivity contribution in [3.8, 4) is 0 Å². The Morgan fingerprint density at radius 2 is 1.66 bits per heavy atom. The number of aromatic nitrogens is 3. The first kappa shape index (κ1) is 21.2. The lowest BCUT2D eigenvalue weighted by atomic mass is 10.2. The monoisotopic (exact) mass is 436 g/mol. The van der Waals surface area contributed by atoms with Crippen LogP contribution in [0.4, 0.5) is 8.78 Å². The third kappa shape index (κ3) is 5.49. The van der Waals surface area contributed by atoms with E-state index < -0.39 is 15.8 Å². The Morgan fingerprint density at radius 1 is 1.03 bits per heavy atom. The zero-order valence-electron chi connectivity index (χ0n) is 15.3. The number of hydrogen-bond donors (Lipinski definition) is 1. The van der Waals surface area contributed by atoms with Crippen LogP contribution in [0.2, 0.25) is 0 Å². The second-order valence-electron chi connectivity index (χ2n) is 5.99. The highest BCUT2D eigenvalue weighted by Gasteiger charge is 2.17. The fourth-order valence-corrected chi connectivity index (χ4v) is 4.36. The van der Waals surface area contributed by atoms with Gasteiger partial charge in [0.1, 0.15) is 17.5 Å². The minimum Gasteiger partial charge on any atom is -0.301 e. The van der Waals surface area contributed by atoms with Crippen LogP contribution in [0.5, 0.6) is 0 Å². The number of thioether (sulfide) groups is 1. The number of benzene rings is 2. The highest BCUT2D eigenvalue weighted by atomic mass is 32.2. The molecule has 0 atom stereocenters. The summed E-state index contributed by atoms with van der Waals surface area (Å²) in [6.45, 7) is 4.02. The molecule has 0 fully saturated rings. The zero-order valence-corrected chi connectivity index (χ0v) is 16.9. The summed E-state index contributed by atoms with van der Waals surface area (Å²) in [4.78, 5) is -0.0420. The quantitative estimate of drug-likeness (QED) is 0.410. The molecule has 0 aliphatic heterocycles. The summed E-state index contributed by atoms with van der Waals surface area (Å²) in [5.74, 6) is 0.149. The molecule has 3 aromatic rings. The summed E-state index contributed by atoms with van der Waals surface area (Å²) in [6, 6.07) is 10.7. The van der Waals surface area contributed by atoms with Gasteiger partial charge in [0.2, 0.25) is 10.0 Å². The van der Waals surface area contributed by atoms with Crippen LogP contribution in [0.1, 0.15) is 11.4 Å². The SMILES string of the molecule is C=CCn1c(CNS(=O)(=O)c2ccc(F)cc2)nnc1SCc1ccc(F)cc1. The zero-order chi connectivity index (χ0) is 20.9. The van der Waals surface area contributed by atoms with Gasteiger partial charge in [-0.05, 0) is 42.0 Å². The van der Waals surface area contributed by atoms with Crippen molar-refractivity contribution in [2.75, 3.05) is 0 Å². The van der Waals surface area contributed by atoms with Crippen LogP contribution in [-0.2, 0) is 28.9 Å². The molecule has 1 aromatic heterocycles. The van der Waals surface area contributed by atoms with E-state index in [0.29, 0.717) is 23.3 Å². The number of hydrogen-bond acceptors (Lipinski definition) is 5. The maximum absolute atomic E-state index is 13.0. The van der Waals surface area contributed by atoms with E-state index in [0.717, 1.165) is 17.7 Å². The van der Waals surface area contributed by atoms with E-state index in [2.05, 4.69) is 21.5 Å². The molecule has 6 nitrogen and oxygen atoms in total. The number of allylic oxidation sites excluding steroid dienone is 1. The second kappa shape index (κ2) is 9.29. The summed E-state index contributed by atoms with van der Waals surface area (Å²) >= 11 is 1.40. The molecular formula is C19H18F2N4O2S2. The molecular weight excluding hydrogens is 418 g/mol. The van der Waals surface area contributed by atoms with Crippen LogP contribution in [0, 0.1) is 11.6 Å². The van der Waals surface area contributed by atoms with Gasteiger partial charge in [-0.2, -0.15) is 0 Å². The molecule has 0 spiro atoms. The van der Waals surface area contributed by atoms with Crippen molar-refractivity contribution < 1.29 is 17.2 Å². The number of sulfonamides is 1. The van der Waals surface area contributed by atoms with Gasteiger partial charge in [-0.25, -0.2) is 21.9 Å². The molecule has 0 aliphatic carbocycles. The van der Waals surface area contributed by atoms with Crippen molar-refractivity contribution >= 4 is 21.8 Å². The highest BCUT2D eigenvalue weighted by molar-refractivity contribution is 7.98. The maximum atomic E-state index is 13.0. The standard InChI is InChI=1S/C19H18F2N4O2S2/c1-2-11-25-18(12-22-29(26,27)17-9-7-16(21)8-10-17)23-24-19(25)28-13-14-3-5-15(20)6-4-14/h2-10,22H,1,11-13H2. The van der Waals surface area contributed by atoms with Gasteiger partial charge < -0.3 is 4.57 Å². The maximum Gasteiger partial charge on any atom is 0.240 e. The third-order valence-corrected chi connectivity index (χ3v) is 6.39. The fraction of sp³-hybridized carbons (Fsp3) is 0.158. The largest absolute Gasteiger partial charge is 0.301 e. The lowest BCUT2D eigenvalue weighted by Crippen LogP contribution is -2.25. The average Bonchev–Trinajstić information content (AvgIpc) is 3.08. The predicted octanol–water partition coefficient (Wildman–Crippen LogP) is 3.51. The molecule has 0 saturated carbocycles. The number of nitrogens with zero attached hydrogens (tertiary/aromatic N) is 3. The third-order valence-electron chi connectivity index (χ3n) is 3.93. The van der Waals surface area contributed by atoms with Crippen LogP contribution >= 0.6 is 11.8 Å². The van der Waals surface area contributed by atoms with E-state index in [4.69, 9.17) is 0 Å². The van der Waals surface area contributed by atoms with Crippen molar-refractivity contribution in [2.24, 2.45) is 0 Å². The van der Waals surface area contributed by atoms with Crippen LogP contribution in [0.15, 0.2) is 71.2 Å². The summed E-state index contributed by atoms with van der Waals surface area (Å²) in [7, 11) is -3.82. The lowest BCUT2D eigenvalue weighted by Gasteiger charge is -2.09. The molecule has 0 saturated heterocycles. The molecule has 0 unspecified atom stereocenters. The van der Waals surface area contributed by atoms with E-state index in [1.807, 2.05) is 0 Å². The van der Waals surface area contributed by atoms with E-state index >= 15 is 0 Å². The summed E-state index contributed by atoms with van der Waals surface area (Å²) < 4.78 is 55.0. The normalized spacial score (nSPS) is 11.5. The van der Waals surface area contributed by atoms with Crippen molar-refractivity contribution in [1.82, 2.24) is 19.5 Å². The Morgan fingerprint density at radius 3 is 2.28 bits per heavy atom. The van der Waals surface area contributed by atoms with E-state index in [1.165, 1.54) is 36.0 Å². The molecule has 0 radical (unpaired) electrons. The van der Waals surface area contributed by atoms with Crippen molar-refractivity contribution in [1.29, 1.82) is 0 Å². The molecule has 29 heavy (non-hydrogen) atoms. The Balaban J connectivity index is 1.71. The second-order valence-corrected chi connectivity index (χ2v) is 8.70. The predicted molar refractivity (Wildman–Crippen MR) is 107 cm³/mol. The molecule has 0 amide bonds. The van der Waals surface area contributed by atoms with E-state index in [1.54, 1.807) is 22.8 Å². The number of halogens is 2. The summed E-state index contributed by atoms with van der Waals surface area (Å²) in [5.41, 5.74) is 0.920. The van der Waals surface area contributed by atoms with Crippen LogP contribution < -0.4 is 4.72 Å².